The predicted molar refractivity (Wildman–Crippen MR) is 98.4 cm³/mol. The van der Waals surface area contributed by atoms with Gasteiger partial charge in [-0.2, -0.15) is 0 Å². The Morgan fingerprint density at radius 3 is 2.73 bits per heavy atom. The van der Waals surface area contributed by atoms with E-state index in [0.29, 0.717) is 19.4 Å². The van der Waals surface area contributed by atoms with E-state index in [4.69, 9.17) is 0 Å². The maximum Gasteiger partial charge on any atom is 0.230 e. The lowest BCUT2D eigenvalue weighted by Crippen LogP contribution is -2.50. The van der Waals surface area contributed by atoms with Crippen LogP contribution in [0, 0.1) is 5.41 Å². The van der Waals surface area contributed by atoms with Crippen molar-refractivity contribution < 1.29 is 9.59 Å². The fraction of sp³-hybridized carbons (Fsp3) is 0.684. The predicted octanol–water partition coefficient (Wildman–Crippen LogP) is 0.812. The van der Waals surface area contributed by atoms with E-state index in [1.54, 1.807) is 12.4 Å². The van der Waals surface area contributed by atoms with Crippen LogP contribution in [0.2, 0.25) is 0 Å². The molecule has 7 nitrogen and oxygen atoms in total. The van der Waals surface area contributed by atoms with E-state index in [1.807, 2.05) is 23.9 Å². The van der Waals surface area contributed by atoms with Gasteiger partial charge in [0.15, 0.2) is 0 Å². The first kappa shape index (κ1) is 18.8. The Kier molecular flexibility index (Phi) is 5.86. The fourth-order valence-electron chi connectivity index (χ4n) is 4.02. The van der Waals surface area contributed by atoms with Crippen molar-refractivity contribution >= 4 is 11.8 Å². The first-order chi connectivity index (χ1) is 12.5. The molecule has 1 atom stereocenters. The van der Waals surface area contributed by atoms with E-state index in [-0.39, 0.29) is 17.2 Å². The Hall–Kier alpha value is -2.02. The van der Waals surface area contributed by atoms with Crippen molar-refractivity contribution in [3.63, 3.8) is 0 Å². The highest BCUT2D eigenvalue weighted by Gasteiger charge is 2.49. The fourth-order valence-corrected chi connectivity index (χ4v) is 4.02. The Bertz CT molecular complexity index is 636. The molecule has 2 amide bonds. The van der Waals surface area contributed by atoms with E-state index in [9.17, 15) is 9.59 Å². The number of amides is 2. The highest BCUT2D eigenvalue weighted by molar-refractivity contribution is 5.86. The molecule has 7 heteroatoms. The summed E-state index contributed by atoms with van der Waals surface area (Å²) in [4.78, 5) is 39.6. The Labute approximate surface area is 155 Å². The maximum absolute atomic E-state index is 13.0. The third-order valence-electron chi connectivity index (χ3n) is 5.59. The summed E-state index contributed by atoms with van der Waals surface area (Å²) in [5.41, 5.74) is 0.621. The van der Waals surface area contributed by atoms with Gasteiger partial charge in [0.2, 0.25) is 11.8 Å². The summed E-state index contributed by atoms with van der Waals surface area (Å²) >= 11 is 0. The van der Waals surface area contributed by atoms with Crippen molar-refractivity contribution in [3.8, 4) is 0 Å². The SMILES string of the molecule is CN(C)CCN1CCC2(CCCN(C(=O)CCc3cncnc3)C2)C1=O. The van der Waals surface area contributed by atoms with Gasteiger partial charge in [-0.1, -0.05) is 0 Å². The van der Waals surface area contributed by atoms with E-state index in [0.717, 1.165) is 51.0 Å². The molecule has 1 aromatic rings. The molecule has 2 aliphatic rings. The van der Waals surface area contributed by atoms with Crippen molar-refractivity contribution in [1.82, 2.24) is 24.7 Å². The minimum Gasteiger partial charge on any atom is -0.342 e. The number of rotatable bonds is 6. The van der Waals surface area contributed by atoms with E-state index < -0.39 is 0 Å². The number of carbonyl (C=O) groups excluding carboxylic acids is 2. The van der Waals surface area contributed by atoms with E-state index >= 15 is 0 Å². The van der Waals surface area contributed by atoms with Crippen LogP contribution in [0.5, 0.6) is 0 Å². The largest absolute Gasteiger partial charge is 0.342 e. The van der Waals surface area contributed by atoms with E-state index in [2.05, 4.69) is 14.9 Å². The summed E-state index contributed by atoms with van der Waals surface area (Å²) in [6.07, 6.45) is 8.77. The molecule has 3 heterocycles. The highest BCUT2D eigenvalue weighted by Crippen LogP contribution is 2.40. The summed E-state index contributed by atoms with van der Waals surface area (Å²) in [5, 5.41) is 0. The van der Waals surface area contributed by atoms with Gasteiger partial charge in [-0.15, -0.1) is 0 Å². The summed E-state index contributed by atoms with van der Waals surface area (Å²) in [7, 11) is 4.05. The van der Waals surface area contributed by atoms with Crippen molar-refractivity contribution in [3.05, 3.63) is 24.3 Å². The zero-order valence-electron chi connectivity index (χ0n) is 15.9. The zero-order valence-corrected chi connectivity index (χ0v) is 15.9. The van der Waals surface area contributed by atoms with Crippen molar-refractivity contribution in [2.45, 2.75) is 32.1 Å². The van der Waals surface area contributed by atoms with Crippen LogP contribution >= 0.6 is 0 Å². The normalized spacial score (nSPS) is 23.3. The summed E-state index contributed by atoms with van der Waals surface area (Å²) in [6.45, 7) is 3.81. The Morgan fingerprint density at radius 1 is 1.23 bits per heavy atom. The molecule has 0 N–H and O–H groups in total. The van der Waals surface area contributed by atoms with Crippen LogP contribution in [0.4, 0.5) is 0 Å². The number of likely N-dealkylation sites (tertiary alicyclic amines) is 2. The summed E-state index contributed by atoms with van der Waals surface area (Å²) in [6, 6.07) is 0. The minimum atomic E-state index is -0.351. The van der Waals surface area contributed by atoms with Crippen molar-refractivity contribution in [1.29, 1.82) is 0 Å². The summed E-state index contributed by atoms with van der Waals surface area (Å²) in [5.74, 6) is 0.376. The zero-order chi connectivity index (χ0) is 18.6. The van der Waals surface area contributed by atoms with E-state index in [1.165, 1.54) is 6.33 Å². The van der Waals surface area contributed by atoms with Crippen LogP contribution in [-0.2, 0) is 16.0 Å². The van der Waals surface area contributed by atoms with Gasteiger partial charge in [-0.05, 0) is 45.3 Å². The smallest absolute Gasteiger partial charge is 0.230 e. The first-order valence-electron chi connectivity index (χ1n) is 9.46. The van der Waals surface area contributed by atoms with Crippen LogP contribution in [-0.4, -0.2) is 83.3 Å². The molecule has 142 valence electrons. The topological polar surface area (TPSA) is 69.6 Å². The Morgan fingerprint density at radius 2 is 2.00 bits per heavy atom. The van der Waals surface area contributed by atoms with Gasteiger partial charge in [0, 0.05) is 51.5 Å². The minimum absolute atomic E-state index is 0.132. The molecule has 1 unspecified atom stereocenters. The second-order valence-electron chi connectivity index (χ2n) is 7.79. The quantitative estimate of drug-likeness (QED) is 0.752. The third-order valence-corrected chi connectivity index (χ3v) is 5.59. The lowest BCUT2D eigenvalue weighted by atomic mass is 9.78. The number of piperidine rings is 1. The number of nitrogens with zero attached hydrogens (tertiary/aromatic N) is 5. The van der Waals surface area contributed by atoms with Crippen LogP contribution in [0.25, 0.3) is 0 Å². The molecular formula is C19H29N5O2. The highest BCUT2D eigenvalue weighted by atomic mass is 16.2. The monoisotopic (exact) mass is 359 g/mol. The lowest BCUT2D eigenvalue weighted by Gasteiger charge is -2.39. The average molecular weight is 359 g/mol. The number of likely N-dealkylation sites (N-methyl/N-ethyl adjacent to an activating group) is 1. The van der Waals surface area contributed by atoms with Crippen LogP contribution in [0.1, 0.15) is 31.2 Å². The van der Waals surface area contributed by atoms with Gasteiger partial charge >= 0.3 is 0 Å². The van der Waals surface area contributed by atoms with Gasteiger partial charge < -0.3 is 14.7 Å². The molecule has 3 rings (SSSR count). The molecule has 1 spiro atoms. The number of hydrogen-bond acceptors (Lipinski definition) is 5. The number of aryl methyl sites for hydroxylation is 1. The Balaban J connectivity index is 1.56. The molecule has 0 aliphatic carbocycles. The average Bonchev–Trinajstić information content (AvgIpc) is 2.94. The molecule has 2 fully saturated rings. The molecule has 0 saturated carbocycles. The van der Waals surface area contributed by atoms with Crippen molar-refractivity contribution in [2.75, 3.05) is 46.8 Å². The van der Waals surface area contributed by atoms with Crippen LogP contribution < -0.4 is 0 Å². The second-order valence-corrected chi connectivity index (χ2v) is 7.79. The van der Waals surface area contributed by atoms with Crippen molar-refractivity contribution in [2.24, 2.45) is 5.41 Å². The number of carbonyl (C=O) groups is 2. The lowest BCUT2D eigenvalue weighted by molar-refractivity contribution is -0.143. The summed E-state index contributed by atoms with van der Waals surface area (Å²) < 4.78 is 0. The molecule has 2 saturated heterocycles. The molecular weight excluding hydrogens is 330 g/mol. The van der Waals surface area contributed by atoms with Gasteiger partial charge in [-0.3, -0.25) is 9.59 Å². The standard InChI is InChI=1S/C19H29N5O2/c1-22(2)10-11-23-9-7-19(18(23)26)6-3-8-24(14-19)17(25)5-4-16-12-20-15-21-13-16/h12-13,15H,3-11,14H2,1-2H3. The molecule has 0 aromatic carbocycles. The molecule has 2 aliphatic heterocycles. The van der Waals surface area contributed by atoms with Crippen LogP contribution in [0.3, 0.4) is 0 Å². The number of aromatic nitrogens is 2. The second kappa shape index (κ2) is 8.12. The molecule has 0 bridgehead atoms. The third kappa shape index (κ3) is 4.20. The number of hydrogen-bond donors (Lipinski definition) is 0. The van der Waals surface area contributed by atoms with Gasteiger partial charge in [0.05, 0.1) is 5.41 Å². The molecule has 0 radical (unpaired) electrons. The van der Waals surface area contributed by atoms with Gasteiger partial charge in [-0.25, -0.2) is 9.97 Å². The first-order valence-corrected chi connectivity index (χ1v) is 9.46. The molecule has 26 heavy (non-hydrogen) atoms. The van der Waals surface area contributed by atoms with Gasteiger partial charge in [0.25, 0.3) is 0 Å². The van der Waals surface area contributed by atoms with Gasteiger partial charge in [0.1, 0.15) is 6.33 Å². The molecule has 1 aromatic heterocycles. The maximum atomic E-state index is 13.0. The van der Waals surface area contributed by atoms with Crippen LogP contribution in [0.15, 0.2) is 18.7 Å².